The molecule has 1 aromatic carbocycles. The molecule has 1 aromatic heterocycles. The molecule has 24 heavy (non-hydrogen) atoms. The molecular formula is C18H23NO5. The first-order valence-electron chi connectivity index (χ1n) is 7.68. The zero-order valence-electron chi connectivity index (χ0n) is 14.8. The van der Waals surface area contributed by atoms with E-state index in [9.17, 15) is 14.7 Å². The van der Waals surface area contributed by atoms with Crippen LogP contribution in [-0.4, -0.2) is 27.3 Å². The molecule has 0 fully saturated rings. The largest absolute Gasteiger partial charge is 0.507 e. The van der Waals surface area contributed by atoms with Gasteiger partial charge in [0.25, 0.3) is 0 Å². The van der Waals surface area contributed by atoms with Gasteiger partial charge in [-0.3, -0.25) is 9.36 Å². The Balaban J connectivity index is 2.43. The highest BCUT2D eigenvalue weighted by molar-refractivity contribution is 5.94. The minimum atomic E-state index is -0.683. The quantitative estimate of drug-likeness (QED) is 0.628. The van der Waals surface area contributed by atoms with Gasteiger partial charge >= 0.3 is 12.1 Å². The molecule has 0 aliphatic heterocycles. The standard InChI is InChI=1S/C18H23NO5/c1-17(2,3)15(21)23-11-9-13-12(14(20)10-11)7-8-19(13)16(22)24-18(4,5)6/h7-10,20H,1-6H3. The van der Waals surface area contributed by atoms with E-state index in [1.54, 1.807) is 47.6 Å². The van der Waals surface area contributed by atoms with Gasteiger partial charge in [-0.2, -0.15) is 0 Å². The summed E-state index contributed by atoms with van der Waals surface area (Å²) >= 11 is 0. The lowest BCUT2D eigenvalue weighted by Gasteiger charge is -2.20. The number of nitrogens with zero attached hydrogens (tertiary/aromatic N) is 1. The van der Waals surface area contributed by atoms with Crippen LogP contribution >= 0.6 is 0 Å². The summed E-state index contributed by atoms with van der Waals surface area (Å²) in [5, 5.41) is 10.6. The molecule has 6 heteroatoms. The molecule has 0 unspecified atom stereocenters. The third-order valence-electron chi connectivity index (χ3n) is 3.17. The number of phenols is 1. The van der Waals surface area contributed by atoms with Crippen LogP contribution in [-0.2, 0) is 9.53 Å². The van der Waals surface area contributed by atoms with Crippen molar-refractivity contribution < 1.29 is 24.2 Å². The SMILES string of the molecule is CC(C)(C)OC(=O)n1ccc2c(O)cc(OC(=O)C(C)(C)C)cc21. The number of carbonyl (C=O) groups is 2. The zero-order chi connectivity index (χ0) is 18.3. The Morgan fingerprint density at radius 2 is 1.71 bits per heavy atom. The molecule has 2 aromatic rings. The molecular weight excluding hydrogens is 310 g/mol. The third-order valence-corrected chi connectivity index (χ3v) is 3.17. The van der Waals surface area contributed by atoms with Gasteiger partial charge in [-0.15, -0.1) is 0 Å². The Kier molecular flexibility index (Phi) is 4.35. The maximum Gasteiger partial charge on any atom is 0.418 e. The van der Waals surface area contributed by atoms with Crippen molar-refractivity contribution in [2.75, 3.05) is 0 Å². The fourth-order valence-electron chi connectivity index (χ4n) is 1.99. The van der Waals surface area contributed by atoms with Gasteiger partial charge in [0.1, 0.15) is 17.1 Å². The van der Waals surface area contributed by atoms with Crippen molar-refractivity contribution >= 4 is 23.0 Å². The number of hydrogen-bond acceptors (Lipinski definition) is 5. The molecule has 0 bridgehead atoms. The maximum atomic E-state index is 12.3. The van der Waals surface area contributed by atoms with Crippen LogP contribution in [0.15, 0.2) is 24.4 Å². The number of aromatic hydroxyl groups is 1. The first-order valence-corrected chi connectivity index (χ1v) is 7.68. The van der Waals surface area contributed by atoms with Crippen LogP contribution in [0.3, 0.4) is 0 Å². The summed E-state index contributed by atoms with van der Waals surface area (Å²) < 4.78 is 11.9. The number of carbonyl (C=O) groups excluding carboxylic acids is 2. The van der Waals surface area contributed by atoms with Crippen LogP contribution in [0, 0.1) is 5.41 Å². The van der Waals surface area contributed by atoms with Gasteiger partial charge in [0.05, 0.1) is 10.9 Å². The summed E-state index contributed by atoms with van der Waals surface area (Å²) in [6.45, 7) is 10.5. The highest BCUT2D eigenvalue weighted by Gasteiger charge is 2.25. The van der Waals surface area contributed by atoms with Crippen LogP contribution < -0.4 is 4.74 Å². The van der Waals surface area contributed by atoms with E-state index in [-0.39, 0.29) is 11.5 Å². The van der Waals surface area contributed by atoms with E-state index in [0.717, 1.165) is 0 Å². The molecule has 0 amide bonds. The third kappa shape index (κ3) is 3.88. The highest BCUT2D eigenvalue weighted by Crippen LogP contribution is 2.32. The van der Waals surface area contributed by atoms with E-state index in [0.29, 0.717) is 10.9 Å². The van der Waals surface area contributed by atoms with Crippen molar-refractivity contribution in [2.45, 2.75) is 47.1 Å². The van der Waals surface area contributed by atoms with Crippen molar-refractivity contribution in [1.82, 2.24) is 4.57 Å². The first kappa shape index (κ1) is 17.8. The van der Waals surface area contributed by atoms with Crippen LogP contribution in [0.25, 0.3) is 10.9 Å². The fourth-order valence-corrected chi connectivity index (χ4v) is 1.99. The number of rotatable bonds is 1. The molecule has 0 atom stereocenters. The Morgan fingerprint density at radius 3 is 2.25 bits per heavy atom. The number of phenolic OH excluding ortho intramolecular Hbond substituents is 1. The van der Waals surface area contributed by atoms with Gasteiger partial charge in [-0.25, -0.2) is 4.79 Å². The fraction of sp³-hybridized carbons (Fsp3) is 0.444. The van der Waals surface area contributed by atoms with Crippen LogP contribution in [0.1, 0.15) is 41.5 Å². The summed E-state index contributed by atoms with van der Waals surface area (Å²) in [6, 6.07) is 4.48. The van der Waals surface area contributed by atoms with Gasteiger partial charge in [0, 0.05) is 23.7 Å². The smallest absolute Gasteiger partial charge is 0.418 e. The summed E-state index contributed by atoms with van der Waals surface area (Å²) in [7, 11) is 0. The summed E-state index contributed by atoms with van der Waals surface area (Å²) in [5.41, 5.74) is -0.926. The van der Waals surface area contributed by atoms with Crippen LogP contribution in [0.5, 0.6) is 11.5 Å². The molecule has 0 saturated heterocycles. The van der Waals surface area contributed by atoms with E-state index in [2.05, 4.69) is 0 Å². The normalized spacial score (nSPS) is 12.2. The van der Waals surface area contributed by atoms with Crippen molar-refractivity contribution in [3.05, 3.63) is 24.4 Å². The number of ether oxygens (including phenoxy) is 2. The molecule has 0 radical (unpaired) electrons. The van der Waals surface area contributed by atoms with Gasteiger partial charge < -0.3 is 14.6 Å². The minimum Gasteiger partial charge on any atom is -0.507 e. The second-order valence-corrected chi connectivity index (χ2v) is 7.68. The predicted octanol–water partition coefficient (Wildman–Crippen LogP) is 4.08. The summed E-state index contributed by atoms with van der Waals surface area (Å²) in [5.74, 6) is -0.341. The first-order chi connectivity index (χ1) is 10.9. The summed E-state index contributed by atoms with van der Waals surface area (Å²) in [4.78, 5) is 24.3. The zero-order valence-corrected chi connectivity index (χ0v) is 14.8. The second-order valence-electron chi connectivity index (χ2n) is 7.68. The molecule has 0 aliphatic rings. The van der Waals surface area contributed by atoms with E-state index in [4.69, 9.17) is 9.47 Å². The Morgan fingerprint density at radius 1 is 1.08 bits per heavy atom. The number of aromatic nitrogens is 1. The average molecular weight is 333 g/mol. The van der Waals surface area contributed by atoms with E-state index >= 15 is 0 Å². The lowest BCUT2D eigenvalue weighted by molar-refractivity contribution is -0.142. The van der Waals surface area contributed by atoms with Crippen LogP contribution in [0.2, 0.25) is 0 Å². The Hall–Kier alpha value is -2.50. The van der Waals surface area contributed by atoms with Gasteiger partial charge in [-0.1, -0.05) is 0 Å². The van der Waals surface area contributed by atoms with E-state index in [1.807, 2.05) is 0 Å². The number of fused-ring (bicyclic) bond motifs is 1. The Labute approximate surface area is 141 Å². The molecule has 1 N–H and O–H groups in total. The molecule has 6 nitrogen and oxygen atoms in total. The topological polar surface area (TPSA) is 77.8 Å². The average Bonchev–Trinajstić information content (AvgIpc) is 2.79. The molecule has 0 spiro atoms. The van der Waals surface area contributed by atoms with Crippen molar-refractivity contribution in [3.8, 4) is 11.5 Å². The highest BCUT2D eigenvalue weighted by atomic mass is 16.6. The van der Waals surface area contributed by atoms with Gasteiger partial charge in [-0.05, 0) is 47.6 Å². The minimum absolute atomic E-state index is 0.0773. The van der Waals surface area contributed by atoms with E-state index in [1.165, 1.54) is 22.9 Å². The molecule has 1 heterocycles. The lowest BCUT2D eigenvalue weighted by atomic mass is 9.97. The maximum absolute atomic E-state index is 12.3. The second kappa shape index (κ2) is 5.85. The molecule has 0 saturated carbocycles. The number of hydrogen-bond donors (Lipinski definition) is 1. The van der Waals surface area contributed by atoms with Gasteiger partial charge in [0.15, 0.2) is 0 Å². The van der Waals surface area contributed by atoms with Crippen LogP contribution in [0.4, 0.5) is 4.79 Å². The molecule has 2 rings (SSSR count). The predicted molar refractivity (Wildman–Crippen MR) is 90.3 cm³/mol. The number of esters is 1. The van der Waals surface area contributed by atoms with Gasteiger partial charge in [0.2, 0.25) is 0 Å². The Bertz CT molecular complexity index is 790. The number of benzene rings is 1. The molecule has 0 aliphatic carbocycles. The van der Waals surface area contributed by atoms with E-state index < -0.39 is 23.1 Å². The monoisotopic (exact) mass is 333 g/mol. The summed E-state index contributed by atoms with van der Waals surface area (Å²) in [6.07, 6.45) is 0.935. The molecule has 130 valence electrons. The van der Waals surface area contributed by atoms with Crippen molar-refractivity contribution in [1.29, 1.82) is 0 Å². The van der Waals surface area contributed by atoms with Crippen molar-refractivity contribution in [2.24, 2.45) is 5.41 Å². The lowest BCUT2D eigenvalue weighted by Crippen LogP contribution is -2.27. The van der Waals surface area contributed by atoms with Crippen molar-refractivity contribution in [3.63, 3.8) is 0 Å².